The van der Waals surface area contributed by atoms with Crippen molar-refractivity contribution < 1.29 is 14.3 Å². The summed E-state index contributed by atoms with van der Waals surface area (Å²) in [6, 6.07) is 5.92. The average molecular weight is 312 g/mol. The fourth-order valence-electron chi connectivity index (χ4n) is 2.90. The van der Waals surface area contributed by atoms with Gasteiger partial charge in [-0.1, -0.05) is 12.8 Å². The first-order valence-corrected chi connectivity index (χ1v) is 7.79. The van der Waals surface area contributed by atoms with Gasteiger partial charge in [0.25, 0.3) is 0 Å². The SMILES string of the molecule is COc1ccc(OC)c(CN(C(=O)CCl)C2CCCC2)c1. The highest BCUT2D eigenvalue weighted by Crippen LogP contribution is 2.29. The molecule has 0 aliphatic heterocycles. The van der Waals surface area contributed by atoms with E-state index >= 15 is 0 Å². The number of nitrogens with zero attached hydrogens (tertiary/aromatic N) is 1. The molecule has 0 heterocycles. The lowest BCUT2D eigenvalue weighted by Gasteiger charge is -2.29. The van der Waals surface area contributed by atoms with Crippen LogP contribution in [0.3, 0.4) is 0 Å². The van der Waals surface area contributed by atoms with Crippen molar-refractivity contribution in [3.05, 3.63) is 23.8 Å². The fourth-order valence-corrected chi connectivity index (χ4v) is 3.06. The highest BCUT2D eigenvalue weighted by molar-refractivity contribution is 6.27. The molecule has 0 radical (unpaired) electrons. The third kappa shape index (κ3) is 3.82. The summed E-state index contributed by atoms with van der Waals surface area (Å²) in [6.07, 6.45) is 4.45. The Morgan fingerprint density at radius 1 is 1.29 bits per heavy atom. The summed E-state index contributed by atoms with van der Waals surface area (Å²) >= 11 is 5.78. The first kappa shape index (κ1) is 16.0. The zero-order valence-electron chi connectivity index (χ0n) is 12.6. The van der Waals surface area contributed by atoms with Crippen molar-refractivity contribution in [1.29, 1.82) is 0 Å². The Bertz CT molecular complexity index is 486. The van der Waals surface area contributed by atoms with Crippen LogP contribution < -0.4 is 9.47 Å². The van der Waals surface area contributed by atoms with E-state index < -0.39 is 0 Å². The number of carbonyl (C=O) groups excluding carboxylic acids is 1. The first-order valence-electron chi connectivity index (χ1n) is 7.26. The normalized spacial score (nSPS) is 15.0. The van der Waals surface area contributed by atoms with E-state index in [1.807, 2.05) is 23.1 Å². The maximum atomic E-state index is 12.2. The van der Waals surface area contributed by atoms with Gasteiger partial charge in [-0.3, -0.25) is 4.79 Å². The molecular formula is C16H22ClNO3. The Balaban J connectivity index is 2.24. The van der Waals surface area contributed by atoms with Crippen molar-refractivity contribution in [2.24, 2.45) is 0 Å². The molecule has 5 heteroatoms. The predicted octanol–water partition coefficient (Wildman–Crippen LogP) is 3.21. The van der Waals surface area contributed by atoms with E-state index in [2.05, 4.69) is 0 Å². The van der Waals surface area contributed by atoms with Crippen LogP contribution in [0.5, 0.6) is 11.5 Å². The van der Waals surface area contributed by atoms with Gasteiger partial charge >= 0.3 is 0 Å². The molecule has 1 fully saturated rings. The van der Waals surface area contributed by atoms with Gasteiger partial charge in [0.2, 0.25) is 5.91 Å². The van der Waals surface area contributed by atoms with Crippen molar-refractivity contribution >= 4 is 17.5 Å². The molecule has 1 saturated carbocycles. The van der Waals surface area contributed by atoms with Crippen LogP contribution in [-0.2, 0) is 11.3 Å². The van der Waals surface area contributed by atoms with Crippen LogP contribution in [0.25, 0.3) is 0 Å². The third-order valence-corrected chi connectivity index (χ3v) is 4.26. The summed E-state index contributed by atoms with van der Waals surface area (Å²) in [7, 11) is 3.26. The molecule has 21 heavy (non-hydrogen) atoms. The van der Waals surface area contributed by atoms with Crippen LogP contribution in [0.2, 0.25) is 0 Å². The molecule has 2 rings (SSSR count). The monoisotopic (exact) mass is 311 g/mol. The van der Waals surface area contributed by atoms with Gasteiger partial charge in [-0.25, -0.2) is 0 Å². The molecule has 0 spiro atoms. The van der Waals surface area contributed by atoms with Crippen LogP contribution in [0, 0.1) is 0 Å². The van der Waals surface area contributed by atoms with Crippen LogP contribution in [0.1, 0.15) is 31.2 Å². The van der Waals surface area contributed by atoms with E-state index in [-0.39, 0.29) is 17.8 Å². The van der Waals surface area contributed by atoms with Crippen LogP contribution in [-0.4, -0.2) is 36.9 Å². The van der Waals surface area contributed by atoms with Gasteiger partial charge in [0.05, 0.1) is 14.2 Å². The average Bonchev–Trinajstić information content (AvgIpc) is 3.05. The van der Waals surface area contributed by atoms with Gasteiger partial charge < -0.3 is 14.4 Å². The van der Waals surface area contributed by atoms with Crippen molar-refractivity contribution in [2.45, 2.75) is 38.3 Å². The topological polar surface area (TPSA) is 38.8 Å². The second kappa shape index (κ2) is 7.55. The number of alkyl halides is 1. The molecule has 0 unspecified atom stereocenters. The molecule has 1 amide bonds. The number of benzene rings is 1. The van der Waals surface area contributed by atoms with Crippen LogP contribution in [0.15, 0.2) is 18.2 Å². The van der Waals surface area contributed by atoms with Gasteiger partial charge in [0.1, 0.15) is 17.4 Å². The summed E-state index contributed by atoms with van der Waals surface area (Å²) in [6.45, 7) is 0.511. The Hall–Kier alpha value is -1.42. The molecule has 0 atom stereocenters. The minimum atomic E-state index is -0.0200. The molecule has 1 aliphatic carbocycles. The number of rotatable bonds is 6. The lowest BCUT2D eigenvalue weighted by molar-refractivity contribution is -0.131. The largest absolute Gasteiger partial charge is 0.497 e. The second-order valence-electron chi connectivity index (χ2n) is 5.27. The Morgan fingerprint density at radius 2 is 2.00 bits per heavy atom. The number of hydrogen-bond acceptors (Lipinski definition) is 3. The number of ether oxygens (including phenoxy) is 2. The van der Waals surface area contributed by atoms with E-state index in [1.165, 1.54) is 12.8 Å². The van der Waals surface area contributed by atoms with Crippen molar-refractivity contribution in [2.75, 3.05) is 20.1 Å². The Morgan fingerprint density at radius 3 is 2.57 bits per heavy atom. The summed E-state index contributed by atoms with van der Waals surface area (Å²) in [5.41, 5.74) is 0.946. The zero-order valence-corrected chi connectivity index (χ0v) is 13.4. The lowest BCUT2D eigenvalue weighted by atomic mass is 10.1. The van der Waals surface area contributed by atoms with E-state index in [0.717, 1.165) is 29.9 Å². The third-order valence-electron chi connectivity index (χ3n) is 4.03. The Kier molecular flexibility index (Phi) is 5.74. The minimum Gasteiger partial charge on any atom is -0.497 e. The predicted molar refractivity (Wildman–Crippen MR) is 83.1 cm³/mol. The van der Waals surface area contributed by atoms with Crippen molar-refractivity contribution in [1.82, 2.24) is 4.90 Å². The number of amides is 1. The van der Waals surface area contributed by atoms with Gasteiger partial charge in [-0.05, 0) is 31.0 Å². The zero-order chi connectivity index (χ0) is 15.2. The lowest BCUT2D eigenvalue weighted by Crippen LogP contribution is -2.39. The number of halogens is 1. The first-order chi connectivity index (χ1) is 10.2. The summed E-state index contributed by atoms with van der Waals surface area (Å²) in [4.78, 5) is 14.1. The van der Waals surface area contributed by atoms with Crippen molar-refractivity contribution in [3.63, 3.8) is 0 Å². The molecule has 1 aromatic rings. The van der Waals surface area contributed by atoms with E-state index in [0.29, 0.717) is 6.54 Å². The minimum absolute atomic E-state index is 0.0167. The highest BCUT2D eigenvalue weighted by Gasteiger charge is 2.27. The van der Waals surface area contributed by atoms with Gasteiger partial charge in [0, 0.05) is 18.2 Å². The molecule has 1 aliphatic rings. The molecule has 0 N–H and O–H groups in total. The van der Waals surface area contributed by atoms with Gasteiger partial charge in [-0.15, -0.1) is 11.6 Å². The molecule has 0 saturated heterocycles. The van der Waals surface area contributed by atoms with E-state index in [1.54, 1.807) is 14.2 Å². The summed E-state index contributed by atoms with van der Waals surface area (Å²) in [5, 5.41) is 0. The van der Waals surface area contributed by atoms with Crippen molar-refractivity contribution in [3.8, 4) is 11.5 Å². The molecule has 1 aromatic carbocycles. The fraction of sp³-hybridized carbons (Fsp3) is 0.562. The number of hydrogen-bond donors (Lipinski definition) is 0. The second-order valence-corrected chi connectivity index (χ2v) is 5.54. The summed E-state index contributed by atoms with van der Waals surface area (Å²) in [5.74, 6) is 1.52. The number of carbonyl (C=O) groups is 1. The molecule has 116 valence electrons. The molecule has 0 bridgehead atoms. The smallest absolute Gasteiger partial charge is 0.238 e. The van der Waals surface area contributed by atoms with Crippen LogP contribution >= 0.6 is 11.6 Å². The quantitative estimate of drug-likeness (QED) is 0.757. The van der Waals surface area contributed by atoms with Crippen LogP contribution in [0.4, 0.5) is 0 Å². The van der Waals surface area contributed by atoms with Gasteiger partial charge in [0.15, 0.2) is 0 Å². The molecule has 4 nitrogen and oxygen atoms in total. The van der Waals surface area contributed by atoms with E-state index in [4.69, 9.17) is 21.1 Å². The Labute approximate surface area is 131 Å². The van der Waals surface area contributed by atoms with E-state index in [9.17, 15) is 4.79 Å². The molecular weight excluding hydrogens is 290 g/mol. The van der Waals surface area contributed by atoms with Gasteiger partial charge in [-0.2, -0.15) is 0 Å². The highest BCUT2D eigenvalue weighted by atomic mass is 35.5. The summed E-state index contributed by atoms with van der Waals surface area (Å²) < 4.78 is 10.7. The molecule has 0 aromatic heterocycles. The standard InChI is InChI=1S/C16H22ClNO3/c1-20-14-7-8-15(21-2)12(9-14)11-18(16(19)10-17)13-5-3-4-6-13/h7-9,13H,3-6,10-11H2,1-2H3. The maximum Gasteiger partial charge on any atom is 0.238 e. The maximum absolute atomic E-state index is 12.2. The number of methoxy groups -OCH3 is 2.